The molecule has 0 saturated heterocycles. The molecule has 0 saturated carbocycles. The van der Waals surface area contributed by atoms with E-state index in [9.17, 15) is 9.59 Å². The third kappa shape index (κ3) is 5.68. The summed E-state index contributed by atoms with van der Waals surface area (Å²) in [5.41, 5.74) is 8.11. The van der Waals surface area contributed by atoms with Gasteiger partial charge in [-0.3, -0.25) is 20.4 Å². The molecular formula is C21H22N4O3S. The van der Waals surface area contributed by atoms with Crippen molar-refractivity contribution in [2.45, 2.75) is 38.1 Å². The number of rotatable bonds is 6. The highest BCUT2D eigenvalue weighted by Crippen LogP contribution is 2.20. The fraction of sp³-hybridized carbons (Fsp3) is 0.238. The predicted molar refractivity (Wildman–Crippen MR) is 111 cm³/mol. The molecular weight excluding hydrogens is 388 g/mol. The number of carbonyl (C=O) groups excluding carboxylic acids is 2. The van der Waals surface area contributed by atoms with Gasteiger partial charge in [-0.15, -0.1) is 0 Å². The first-order chi connectivity index (χ1) is 13.9. The van der Waals surface area contributed by atoms with Crippen molar-refractivity contribution in [3.8, 4) is 0 Å². The number of hydrogen-bond donors (Lipinski definition) is 2. The Hall–Kier alpha value is -3.13. The van der Waals surface area contributed by atoms with Crippen molar-refractivity contribution >= 4 is 23.6 Å². The minimum Gasteiger partial charge on any atom is -0.456 e. The molecule has 1 aromatic carbocycles. The third-order valence-corrected chi connectivity index (χ3v) is 4.99. The minimum atomic E-state index is -0.500. The van der Waals surface area contributed by atoms with Gasteiger partial charge in [0, 0.05) is 29.1 Å². The largest absolute Gasteiger partial charge is 0.456 e. The van der Waals surface area contributed by atoms with Crippen LogP contribution in [0.3, 0.4) is 0 Å². The fourth-order valence-corrected chi connectivity index (χ4v) is 3.50. The molecule has 3 aromatic rings. The van der Waals surface area contributed by atoms with E-state index in [2.05, 4.69) is 20.8 Å². The minimum absolute atomic E-state index is 0.156. The van der Waals surface area contributed by atoms with E-state index in [1.165, 1.54) is 0 Å². The number of aryl methyl sites for hydroxylation is 3. The second kappa shape index (κ2) is 9.38. The molecule has 0 fully saturated rings. The van der Waals surface area contributed by atoms with Crippen molar-refractivity contribution < 1.29 is 14.0 Å². The second-order valence-electron chi connectivity index (χ2n) is 6.45. The molecule has 0 bridgehead atoms. The monoisotopic (exact) mass is 410 g/mol. The number of aromatic nitrogens is 2. The number of amides is 2. The molecule has 150 valence electrons. The molecule has 2 amide bonds. The van der Waals surface area contributed by atoms with Gasteiger partial charge in [0.05, 0.1) is 0 Å². The summed E-state index contributed by atoms with van der Waals surface area (Å²) in [6.07, 6.45) is 0.694. The lowest BCUT2D eigenvalue weighted by Crippen LogP contribution is -2.41. The highest BCUT2D eigenvalue weighted by atomic mass is 32.2. The Morgan fingerprint density at radius 2 is 1.62 bits per heavy atom. The Kier molecular flexibility index (Phi) is 6.66. The lowest BCUT2D eigenvalue weighted by molar-refractivity contribution is 0.0830. The van der Waals surface area contributed by atoms with E-state index in [1.54, 1.807) is 36.0 Å². The Morgan fingerprint density at radius 3 is 2.24 bits per heavy atom. The molecule has 0 spiro atoms. The van der Waals surface area contributed by atoms with E-state index in [4.69, 9.17) is 4.42 Å². The van der Waals surface area contributed by atoms with E-state index < -0.39 is 11.8 Å². The quantitative estimate of drug-likeness (QED) is 0.366. The summed E-state index contributed by atoms with van der Waals surface area (Å²) in [5.74, 6) is 0.654. The van der Waals surface area contributed by atoms with Crippen molar-refractivity contribution in [1.29, 1.82) is 0 Å². The van der Waals surface area contributed by atoms with Gasteiger partial charge in [-0.05, 0) is 49.7 Å². The fourth-order valence-electron chi connectivity index (χ4n) is 2.60. The molecule has 8 heteroatoms. The molecule has 29 heavy (non-hydrogen) atoms. The first-order valence-electron chi connectivity index (χ1n) is 9.18. The zero-order valence-electron chi connectivity index (χ0n) is 16.5. The van der Waals surface area contributed by atoms with Gasteiger partial charge in [0.2, 0.25) is 0 Å². The SMILES string of the molecule is CCc1ccc(C(=O)NNC(=O)c2ccc(CSc3nc(C)cc(C)n3)cc2)o1. The van der Waals surface area contributed by atoms with Gasteiger partial charge in [0.1, 0.15) is 5.76 Å². The van der Waals surface area contributed by atoms with Crippen LogP contribution in [-0.2, 0) is 12.2 Å². The number of thioether (sulfide) groups is 1. The lowest BCUT2D eigenvalue weighted by atomic mass is 10.1. The molecule has 2 heterocycles. The van der Waals surface area contributed by atoms with Crippen molar-refractivity contribution in [2.24, 2.45) is 0 Å². The Morgan fingerprint density at radius 1 is 0.966 bits per heavy atom. The van der Waals surface area contributed by atoms with Crippen LogP contribution in [0, 0.1) is 13.8 Å². The number of benzene rings is 1. The second-order valence-corrected chi connectivity index (χ2v) is 7.39. The topological polar surface area (TPSA) is 97.1 Å². The van der Waals surface area contributed by atoms with Gasteiger partial charge in [0.15, 0.2) is 10.9 Å². The maximum Gasteiger partial charge on any atom is 0.305 e. The average Bonchev–Trinajstić information content (AvgIpc) is 3.19. The smallest absolute Gasteiger partial charge is 0.305 e. The van der Waals surface area contributed by atoms with Gasteiger partial charge in [-0.1, -0.05) is 30.8 Å². The number of nitrogens with one attached hydrogen (secondary N) is 2. The van der Waals surface area contributed by atoms with Crippen LogP contribution in [0.5, 0.6) is 0 Å². The highest BCUT2D eigenvalue weighted by molar-refractivity contribution is 7.98. The summed E-state index contributed by atoms with van der Waals surface area (Å²) in [7, 11) is 0. The summed E-state index contributed by atoms with van der Waals surface area (Å²) in [6.45, 7) is 5.82. The highest BCUT2D eigenvalue weighted by Gasteiger charge is 2.12. The molecule has 0 aliphatic heterocycles. The van der Waals surface area contributed by atoms with E-state index in [-0.39, 0.29) is 5.76 Å². The van der Waals surface area contributed by atoms with Crippen LogP contribution in [0.15, 0.2) is 52.0 Å². The van der Waals surface area contributed by atoms with Gasteiger partial charge >= 0.3 is 5.91 Å². The summed E-state index contributed by atoms with van der Waals surface area (Å²) >= 11 is 1.54. The maximum atomic E-state index is 12.2. The van der Waals surface area contributed by atoms with Gasteiger partial charge in [-0.25, -0.2) is 9.97 Å². The normalized spacial score (nSPS) is 10.6. The van der Waals surface area contributed by atoms with Crippen LogP contribution in [0.25, 0.3) is 0 Å². The lowest BCUT2D eigenvalue weighted by Gasteiger charge is -2.07. The Balaban J connectivity index is 1.52. The van der Waals surface area contributed by atoms with Crippen LogP contribution in [0.2, 0.25) is 0 Å². The zero-order valence-corrected chi connectivity index (χ0v) is 17.3. The number of nitrogens with zero attached hydrogens (tertiary/aromatic N) is 2. The Labute approximate surface area is 173 Å². The number of hydrazine groups is 1. The summed E-state index contributed by atoms with van der Waals surface area (Å²) < 4.78 is 5.35. The first kappa shape index (κ1) is 20.6. The standard InChI is InChI=1S/C21H22N4O3S/c1-4-17-9-10-18(28-17)20(27)25-24-19(26)16-7-5-15(6-8-16)12-29-21-22-13(2)11-14(3)23-21/h5-11H,4,12H2,1-3H3,(H,24,26)(H,25,27). The number of furan rings is 1. The van der Waals surface area contributed by atoms with Crippen molar-refractivity contribution in [2.75, 3.05) is 0 Å². The zero-order chi connectivity index (χ0) is 20.8. The van der Waals surface area contributed by atoms with E-state index in [0.717, 1.165) is 22.1 Å². The molecule has 0 aliphatic rings. The number of hydrogen-bond acceptors (Lipinski definition) is 6. The molecule has 2 N–H and O–H groups in total. The maximum absolute atomic E-state index is 12.2. The van der Waals surface area contributed by atoms with Crippen LogP contribution in [0.4, 0.5) is 0 Å². The van der Waals surface area contributed by atoms with E-state index in [1.807, 2.05) is 39.0 Å². The van der Waals surface area contributed by atoms with Crippen molar-refractivity contribution in [3.63, 3.8) is 0 Å². The van der Waals surface area contributed by atoms with Crippen molar-refractivity contribution in [3.05, 3.63) is 76.5 Å². The van der Waals surface area contributed by atoms with Gasteiger partial charge in [-0.2, -0.15) is 0 Å². The van der Waals surface area contributed by atoms with E-state index in [0.29, 0.717) is 23.5 Å². The summed E-state index contributed by atoms with van der Waals surface area (Å²) in [6, 6.07) is 12.4. The van der Waals surface area contributed by atoms with Crippen LogP contribution >= 0.6 is 11.8 Å². The molecule has 3 rings (SSSR count). The summed E-state index contributed by atoms with van der Waals surface area (Å²) in [5, 5.41) is 0.733. The van der Waals surface area contributed by atoms with Crippen LogP contribution in [0.1, 0.15) is 50.5 Å². The molecule has 0 atom stereocenters. The molecule has 0 unspecified atom stereocenters. The predicted octanol–water partition coefficient (Wildman–Crippen LogP) is 3.62. The van der Waals surface area contributed by atoms with Crippen molar-refractivity contribution in [1.82, 2.24) is 20.8 Å². The molecule has 0 aliphatic carbocycles. The van der Waals surface area contributed by atoms with Crippen LogP contribution < -0.4 is 10.9 Å². The van der Waals surface area contributed by atoms with Crippen LogP contribution in [-0.4, -0.2) is 21.8 Å². The molecule has 0 radical (unpaired) electrons. The van der Waals surface area contributed by atoms with Gasteiger partial charge < -0.3 is 4.42 Å². The third-order valence-electron chi connectivity index (χ3n) is 4.07. The summed E-state index contributed by atoms with van der Waals surface area (Å²) in [4.78, 5) is 33.0. The molecule has 7 nitrogen and oxygen atoms in total. The first-order valence-corrected chi connectivity index (χ1v) is 10.2. The average molecular weight is 410 g/mol. The van der Waals surface area contributed by atoms with Gasteiger partial charge in [0.25, 0.3) is 5.91 Å². The van der Waals surface area contributed by atoms with E-state index >= 15 is 0 Å². The Bertz CT molecular complexity index is 995. The number of carbonyl (C=O) groups is 2. The molecule has 2 aromatic heterocycles.